The summed E-state index contributed by atoms with van der Waals surface area (Å²) in [5, 5.41) is 11.2. The minimum Gasteiger partial charge on any atom is -0.313 e. The summed E-state index contributed by atoms with van der Waals surface area (Å²) in [6.07, 6.45) is 0.199. The molecule has 0 saturated carbocycles. The Kier molecular flexibility index (Phi) is 3.57. The van der Waals surface area contributed by atoms with Crippen LogP contribution in [0.25, 0.3) is 0 Å². The topological polar surface area (TPSA) is 90.2 Å². The van der Waals surface area contributed by atoms with E-state index in [1.54, 1.807) is 0 Å². The first-order valence-electron chi connectivity index (χ1n) is 5.17. The first-order chi connectivity index (χ1) is 6.94. The maximum atomic E-state index is 10.8. The molecule has 0 aromatic heterocycles. The molecule has 0 aliphatic carbocycles. The summed E-state index contributed by atoms with van der Waals surface area (Å²) < 4.78 is 15.5. The number of piperidine rings is 1. The molecule has 6 nitrogen and oxygen atoms in total. The third kappa shape index (κ3) is 3.26. The molecule has 0 amide bonds. The second-order valence-electron chi connectivity index (χ2n) is 5.56. The van der Waals surface area contributed by atoms with Crippen molar-refractivity contribution in [3.63, 3.8) is 0 Å². The number of rotatable bonds is 2. The van der Waals surface area contributed by atoms with Crippen molar-refractivity contribution in [1.29, 1.82) is 0 Å². The van der Waals surface area contributed by atoms with Gasteiger partial charge in [-0.15, -0.1) is 0 Å². The highest BCUT2D eigenvalue weighted by atomic mass is 31.2. The average Bonchev–Trinajstić information content (AvgIpc) is 1.95. The van der Waals surface area contributed by atoms with Crippen molar-refractivity contribution in [2.24, 2.45) is 0 Å². The van der Waals surface area contributed by atoms with Crippen LogP contribution in [0.4, 0.5) is 0 Å². The molecule has 1 aliphatic rings. The largest absolute Gasteiger partial charge is 0.469 e. The van der Waals surface area contributed by atoms with Gasteiger partial charge in [-0.2, -0.15) is 5.06 Å². The Morgan fingerprint density at radius 3 is 1.88 bits per heavy atom. The molecule has 1 aliphatic heterocycles. The fourth-order valence-electron chi connectivity index (χ4n) is 2.45. The normalized spacial score (nSPS) is 26.9. The fourth-order valence-corrected chi connectivity index (χ4v) is 2.98. The van der Waals surface area contributed by atoms with Gasteiger partial charge in [0.1, 0.15) is 0 Å². The quantitative estimate of drug-likeness (QED) is 0.646. The van der Waals surface area contributed by atoms with Gasteiger partial charge in [0.05, 0.1) is 6.10 Å². The van der Waals surface area contributed by atoms with Crippen LogP contribution in [-0.4, -0.2) is 37.2 Å². The second kappa shape index (κ2) is 4.05. The Morgan fingerprint density at radius 1 is 1.19 bits per heavy atom. The number of nitrogens with zero attached hydrogens (tertiary/aromatic N) is 1. The molecule has 0 unspecified atom stereocenters. The first-order valence-corrected chi connectivity index (χ1v) is 6.70. The predicted molar refractivity (Wildman–Crippen MR) is 57.9 cm³/mol. The van der Waals surface area contributed by atoms with E-state index in [-0.39, 0.29) is 0 Å². The highest BCUT2D eigenvalue weighted by Gasteiger charge is 2.46. The van der Waals surface area contributed by atoms with Crippen LogP contribution in [0.2, 0.25) is 0 Å². The van der Waals surface area contributed by atoms with Crippen molar-refractivity contribution < 1.29 is 24.1 Å². The number of hydrogen-bond acceptors (Lipinski definition) is 4. The SMILES string of the molecule is CC1(C)CC(OP(=O)(O)O)CC(C)(C)N1O. The van der Waals surface area contributed by atoms with Crippen LogP contribution in [0.3, 0.4) is 0 Å². The van der Waals surface area contributed by atoms with E-state index in [1.807, 2.05) is 27.7 Å². The smallest absolute Gasteiger partial charge is 0.313 e. The first kappa shape index (κ1) is 14.1. The van der Waals surface area contributed by atoms with E-state index in [0.29, 0.717) is 12.8 Å². The highest BCUT2D eigenvalue weighted by Crippen LogP contribution is 2.45. The molecule has 16 heavy (non-hydrogen) atoms. The van der Waals surface area contributed by atoms with Crippen LogP contribution in [0.1, 0.15) is 40.5 Å². The highest BCUT2D eigenvalue weighted by molar-refractivity contribution is 7.46. The van der Waals surface area contributed by atoms with Crippen LogP contribution in [0, 0.1) is 0 Å². The number of phosphoric acid groups is 1. The summed E-state index contributed by atoms with van der Waals surface area (Å²) in [4.78, 5) is 17.6. The zero-order valence-corrected chi connectivity index (χ0v) is 10.9. The summed E-state index contributed by atoms with van der Waals surface area (Å²) >= 11 is 0. The minimum absolute atomic E-state index is 0.373. The molecule has 3 N–H and O–H groups in total. The van der Waals surface area contributed by atoms with Gasteiger partial charge in [-0.3, -0.25) is 4.52 Å². The maximum absolute atomic E-state index is 10.8. The third-order valence-corrected chi connectivity index (χ3v) is 3.46. The molecule has 0 bridgehead atoms. The zero-order chi connectivity index (χ0) is 12.8. The van der Waals surface area contributed by atoms with Gasteiger partial charge < -0.3 is 15.0 Å². The van der Waals surface area contributed by atoms with Crippen molar-refractivity contribution in [2.75, 3.05) is 0 Å². The minimum atomic E-state index is -4.47. The molecule has 0 aromatic carbocycles. The molecule has 96 valence electrons. The summed E-state index contributed by atoms with van der Waals surface area (Å²) in [7, 11) is -4.47. The molecule has 0 atom stereocenters. The Bertz CT molecular complexity index is 293. The lowest BCUT2D eigenvalue weighted by atomic mass is 9.80. The summed E-state index contributed by atoms with van der Waals surface area (Å²) in [5.41, 5.74) is -1.14. The standard InChI is InChI=1S/C9H20NO5P/c1-8(2)5-7(15-16(12,13)14)6-9(3,4)10(8)11/h7,11H,5-6H2,1-4H3,(H2,12,13,14). The third-order valence-electron chi connectivity index (χ3n) is 2.89. The summed E-state index contributed by atoms with van der Waals surface area (Å²) in [5.74, 6) is 0. The maximum Gasteiger partial charge on any atom is 0.469 e. The van der Waals surface area contributed by atoms with Crippen molar-refractivity contribution >= 4 is 7.82 Å². The molecular formula is C9H20NO5P. The van der Waals surface area contributed by atoms with Crippen LogP contribution in [-0.2, 0) is 9.09 Å². The van der Waals surface area contributed by atoms with E-state index >= 15 is 0 Å². The van der Waals surface area contributed by atoms with E-state index in [2.05, 4.69) is 0 Å². The Morgan fingerprint density at radius 2 is 1.56 bits per heavy atom. The lowest BCUT2D eigenvalue weighted by molar-refractivity contribution is -0.255. The molecule has 0 spiro atoms. The van der Waals surface area contributed by atoms with Gasteiger partial charge >= 0.3 is 7.82 Å². The van der Waals surface area contributed by atoms with E-state index in [9.17, 15) is 9.77 Å². The Balaban J connectivity index is 2.83. The summed E-state index contributed by atoms with van der Waals surface area (Å²) in [6.45, 7) is 7.24. The van der Waals surface area contributed by atoms with Crippen molar-refractivity contribution in [3.05, 3.63) is 0 Å². The lowest BCUT2D eigenvalue weighted by Crippen LogP contribution is -2.60. The molecule has 1 rings (SSSR count). The van der Waals surface area contributed by atoms with Gasteiger partial charge in [0.15, 0.2) is 0 Å². The molecule has 1 heterocycles. The monoisotopic (exact) mass is 253 g/mol. The second-order valence-corrected chi connectivity index (χ2v) is 6.75. The molecule has 1 saturated heterocycles. The number of hydrogen-bond donors (Lipinski definition) is 3. The van der Waals surface area contributed by atoms with Crippen molar-refractivity contribution in [1.82, 2.24) is 5.06 Å². The zero-order valence-electron chi connectivity index (χ0n) is 10.0. The summed E-state index contributed by atoms with van der Waals surface area (Å²) in [6, 6.07) is 0. The van der Waals surface area contributed by atoms with Crippen LogP contribution >= 0.6 is 7.82 Å². The van der Waals surface area contributed by atoms with E-state index in [4.69, 9.17) is 14.3 Å². The van der Waals surface area contributed by atoms with Crippen LogP contribution in [0.15, 0.2) is 0 Å². The number of hydroxylamine groups is 2. The van der Waals surface area contributed by atoms with E-state index in [1.165, 1.54) is 5.06 Å². The molecule has 1 fully saturated rings. The van der Waals surface area contributed by atoms with Gasteiger partial charge in [0, 0.05) is 11.1 Å². The van der Waals surface area contributed by atoms with E-state index < -0.39 is 25.0 Å². The van der Waals surface area contributed by atoms with Crippen LogP contribution < -0.4 is 0 Å². The van der Waals surface area contributed by atoms with Gasteiger partial charge in [0.25, 0.3) is 0 Å². The molecule has 0 aromatic rings. The Labute approximate surface area is 95.4 Å². The van der Waals surface area contributed by atoms with Gasteiger partial charge in [-0.1, -0.05) is 0 Å². The van der Waals surface area contributed by atoms with Gasteiger partial charge in [-0.25, -0.2) is 4.57 Å². The average molecular weight is 253 g/mol. The Hall–Kier alpha value is 0.0300. The number of phosphoric ester groups is 1. The van der Waals surface area contributed by atoms with Crippen molar-refractivity contribution in [2.45, 2.75) is 57.7 Å². The predicted octanol–water partition coefficient (Wildman–Crippen LogP) is 1.51. The molecule has 0 radical (unpaired) electrons. The van der Waals surface area contributed by atoms with Gasteiger partial charge in [-0.05, 0) is 40.5 Å². The molecule has 7 heteroatoms. The molecular weight excluding hydrogens is 233 g/mol. The van der Waals surface area contributed by atoms with Crippen molar-refractivity contribution in [3.8, 4) is 0 Å². The van der Waals surface area contributed by atoms with Gasteiger partial charge in [0.2, 0.25) is 0 Å². The van der Waals surface area contributed by atoms with Crippen LogP contribution in [0.5, 0.6) is 0 Å². The lowest BCUT2D eigenvalue weighted by Gasteiger charge is -2.51. The fraction of sp³-hybridized carbons (Fsp3) is 1.00. The van der Waals surface area contributed by atoms with E-state index in [0.717, 1.165) is 0 Å².